The van der Waals surface area contributed by atoms with E-state index in [0.29, 0.717) is 13.2 Å². The molecule has 92 valence electrons. The lowest BCUT2D eigenvalue weighted by molar-refractivity contribution is -0.256. The number of hydroxylamine groups is 2. The fourth-order valence-corrected chi connectivity index (χ4v) is 2.45. The van der Waals surface area contributed by atoms with E-state index in [1.54, 1.807) is 5.06 Å². The van der Waals surface area contributed by atoms with Crippen LogP contribution >= 0.6 is 23.2 Å². The Balaban J connectivity index is 1.99. The maximum Gasteiger partial charge on any atom is 0.358 e. The van der Waals surface area contributed by atoms with E-state index in [1.165, 1.54) is 6.42 Å². The zero-order valence-electron chi connectivity index (χ0n) is 8.95. The summed E-state index contributed by atoms with van der Waals surface area (Å²) >= 11 is 10.9. The highest BCUT2D eigenvalue weighted by Gasteiger charge is 2.46. The molecule has 1 aliphatic carbocycles. The lowest BCUT2D eigenvalue weighted by atomic mass is 9.92. The topological polar surface area (TPSA) is 38.8 Å². The second-order valence-corrected chi connectivity index (χ2v) is 5.26. The molecule has 0 bridgehead atoms. The van der Waals surface area contributed by atoms with Gasteiger partial charge < -0.3 is 9.57 Å². The molecule has 0 aromatic heterocycles. The minimum atomic E-state index is -1.14. The highest BCUT2D eigenvalue weighted by Crippen LogP contribution is 2.38. The lowest BCUT2D eigenvalue weighted by Gasteiger charge is -2.38. The second-order valence-electron chi connectivity index (χ2n) is 4.17. The Morgan fingerprint density at radius 1 is 1.31 bits per heavy atom. The Hall–Kier alpha value is -0.0300. The Labute approximate surface area is 105 Å². The van der Waals surface area contributed by atoms with Crippen LogP contribution in [-0.2, 0) is 14.4 Å². The number of nitrogens with zero attached hydrogens (tertiary/aromatic N) is 1. The average Bonchev–Trinajstić information content (AvgIpc) is 2.62. The van der Waals surface area contributed by atoms with Gasteiger partial charge in [0, 0.05) is 0 Å². The molecule has 0 aromatic rings. The van der Waals surface area contributed by atoms with Gasteiger partial charge in [-0.1, -0.05) is 29.6 Å². The number of hydrogen-bond acceptors (Lipinski definition) is 4. The number of ether oxygens (including phenoxy) is 1. The second kappa shape index (κ2) is 5.08. The number of carbonyl (C=O) groups is 1. The minimum Gasteiger partial charge on any atom is -0.363 e. The Morgan fingerprint density at radius 3 is 2.62 bits per heavy atom. The van der Waals surface area contributed by atoms with Gasteiger partial charge in [0.1, 0.15) is 0 Å². The van der Waals surface area contributed by atoms with Crippen LogP contribution in [0.3, 0.4) is 0 Å². The third kappa shape index (κ3) is 2.45. The zero-order valence-corrected chi connectivity index (χ0v) is 10.5. The molecule has 0 aromatic carbocycles. The molecule has 0 radical (unpaired) electrons. The van der Waals surface area contributed by atoms with E-state index in [0.717, 1.165) is 25.7 Å². The summed E-state index contributed by atoms with van der Waals surface area (Å²) in [5.74, 6) is -0.626. The van der Waals surface area contributed by atoms with Gasteiger partial charge >= 0.3 is 5.97 Å². The van der Waals surface area contributed by atoms with Crippen LogP contribution in [0, 0.1) is 0 Å². The third-order valence-electron chi connectivity index (χ3n) is 3.13. The van der Waals surface area contributed by atoms with Crippen molar-refractivity contribution in [2.24, 2.45) is 0 Å². The summed E-state index contributed by atoms with van der Waals surface area (Å²) in [6.07, 6.45) is 5.20. The molecule has 2 fully saturated rings. The van der Waals surface area contributed by atoms with Crippen molar-refractivity contribution in [3.05, 3.63) is 0 Å². The Morgan fingerprint density at radius 2 is 2.00 bits per heavy atom. The zero-order chi connectivity index (χ0) is 11.6. The number of rotatable bonds is 2. The molecule has 4 nitrogen and oxygen atoms in total. The van der Waals surface area contributed by atoms with Crippen molar-refractivity contribution in [2.75, 3.05) is 13.2 Å². The summed E-state index contributed by atoms with van der Waals surface area (Å²) in [6, 6.07) is 0. The molecule has 0 atom stereocenters. The maximum absolute atomic E-state index is 11.3. The average molecular weight is 268 g/mol. The predicted octanol–water partition coefficient (Wildman–Crippen LogP) is 2.24. The number of hydrogen-bond donors (Lipinski definition) is 0. The fourth-order valence-electron chi connectivity index (χ4n) is 2.37. The first-order valence-electron chi connectivity index (χ1n) is 5.56. The van der Waals surface area contributed by atoms with E-state index in [9.17, 15) is 4.79 Å². The molecular formula is C10H15Cl2NO3. The normalized spacial score (nSPS) is 25.2. The first kappa shape index (κ1) is 12.4. The first-order valence-corrected chi connectivity index (χ1v) is 6.43. The summed E-state index contributed by atoms with van der Waals surface area (Å²) in [5, 5.41) is 1.62. The van der Waals surface area contributed by atoms with Crippen LogP contribution in [0.5, 0.6) is 0 Å². The van der Waals surface area contributed by atoms with Gasteiger partial charge in [0.2, 0.25) is 4.84 Å². The number of halogens is 2. The molecule has 1 heterocycles. The van der Waals surface area contributed by atoms with Crippen molar-refractivity contribution in [1.82, 2.24) is 5.06 Å². The molecule has 6 heteroatoms. The monoisotopic (exact) mass is 267 g/mol. The van der Waals surface area contributed by atoms with Crippen molar-refractivity contribution in [3.8, 4) is 0 Å². The highest BCUT2D eigenvalue weighted by atomic mass is 35.5. The van der Waals surface area contributed by atoms with Crippen LogP contribution in [0.2, 0.25) is 0 Å². The molecule has 2 rings (SSSR count). The van der Waals surface area contributed by atoms with Crippen LogP contribution in [0.4, 0.5) is 0 Å². The van der Waals surface area contributed by atoms with E-state index in [-0.39, 0.29) is 0 Å². The summed E-state index contributed by atoms with van der Waals surface area (Å²) in [5.41, 5.74) is -0.420. The highest BCUT2D eigenvalue weighted by molar-refractivity contribution is 6.52. The summed E-state index contributed by atoms with van der Waals surface area (Å²) < 4.78 is 5.74. The van der Waals surface area contributed by atoms with E-state index < -0.39 is 16.5 Å². The molecule has 16 heavy (non-hydrogen) atoms. The van der Waals surface area contributed by atoms with Crippen LogP contribution in [0.1, 0.15) is 32.1 Å². The fraction of sp³-hybridized carbons (Fsp3) is 0.900. The molecule has 1 saturated carbocycles. The molecule has 1 spiro atoms. The first-order chi connectivity index (χ1) is 7.64. The number of carbonyl (C=O) groups excluding carboxylic acids is 1. The van der Waals surface area contributed by atoms with Gasteiger partial charge in [-0.05, 0) is 25.7 Å². The van der Waals surface area contributed by atoms with Crippen molar-refractivity contribution >= 4 is 29.2 Å². The molecule has 0 unspecified atom stereocenters. The van der Waals surface area contributed by atoms with E-state index in [2.05, 4.69) is 0 Å². The van der Waals surface area contributed by atoms with Crippen molar-refractivity contribution in [2.45, 2.75) is 42.7 Å². The molecule has 1 aliphatic heterocycles. The standard InChI is InChI=1S/C10H15Cl2NO3/c11-8(12)9(14)16-13-6-7-15-10(13)4-2-1-3-5-10/h8H,1-7H2. The minimum absolute atomic E-state index is 0.420. The van der Waals surface area contributed by atoms with Crippen molar-refractivity contribution in [3.63, 3.8) is 0 Å². The molecule has 0 amide bonds. The molecular weight excluding hydrogens is 253 g/mol. The molecule has 2 aliphatic rings. The molecule has 0 N–H and O–H groups in total. The third-order valence-corrected chi connectivity index (χ3v) is 3.49. The van der Waals surface area contributed by atoms with Crippen molar-refractivity contribution < 1.29 is 14.4 Å². The predicted molar refractivity (Wildman–Crippen MR) is 60.1 cm³/mol. The quantitative estimate of drug-likeness (QED) is 0.720. The SMILES string of the molecule is O=C(ON1CCOC12CCCCC2)C(Cl)Cl. The Bertz CT molecular complexity index is 267. The van der Waals surface area contributed by atoms with Gasteiger partial charge in [-0.2, -0.15) is 0 Å². The summed E-state index contributed by atoms with van der Waals surface area (Å²) in [4.78, 5) is 15.4. The van der Waals surface area contributed by atoms with Gasteiger partial charge in [0.05, 0.1) is 13.2 Å². The van der Waals surface area contributed by atoms with Crippen LogP contribution in [0.25, 0.3) is 0 Å². The largest absolute Gasteiger partial charge is 0.363 e. The van der Waals surface area contributed by atoms with Crippen LogP contribution in [-0.4, -0.2) is 34.7 Å². The van der Waals surface area contributed by atoms with E-state index in [4.69, 9.17) is 32.8 Å². The molecule has 1 saturated heterocycles. The van der Waals surface area contributed by atoms with E-state index in [1.807, 2.05) is 0 Å². The van der Waals surface area contributed by atoms with Crippen LogP contribution < -0.4 is 0 Å². The van der Waals surface area contributed by atoms with E-state index >= 15 is 0 Å². The van der Waals surface area contributed by atoms with Crippen molar-refractivity contribution in [1.29, 1.82) is 0 Å². The smallest absolute Gasteiger partial charge is 0.358 e. The summed E-state index contributed by atoms with van der Waals surface area (Å²) in [7, 11) is 0. The summed E-state index contributed by atoms with van der Waals surface area (Å²) in [6.45, 7) is 1.18. The van der Waals surface area contributed by atoms with Gasteiger partial charge in [-0.25, -0.2) is 4.79 Å². The lowest BCUT2D eigenvalue weighted by Crippen LogP contribution is -2.47. The maximum atomic E-state index is 11.3. The number of alkyl halides is 2. The van der Waals surface area contributed by atoms with Gasteiger partial charge in [0.15, 0.2) is 5.72 Å². The Kier molecular flexibility index (Phi) is 3.95. The van der Waals surface area contributed by atoms with Crippen LogP contribution in [0.15, 0.2) is 0 Å². The van der Waals surface area contributed by atoms with Gasteiger partial charge in [-0.3, -0.25) is 0 Å². The van der Waals surface area contributed by atoms with Gasteiger partial charge in [0.25, 0.3) is 0 Å². The van der Waals surface area contributed by atoms with Gasteiger partial charge in [-0.15, -0.1) is 5.06 Å².